The number of benzene rings is 1. The van der Waals surface area contributed by atoms with Gasteiger partial charge in [0.2, 0.25) is 0 Å². The zero-order chi connectivity index (χ0) is 12.5. The van der Waals surface area contributed by atoms with Crippen LogP contribution in [0.1, 0.15) is 37.7 Å². The zero-order valence-electron chi connectivity index (χ0n) is 10.6. The average molecular weight is 241 g/mol. The maximum absolute atomic E-state index is 9.28. The smallest absolute Gasteiger partial charge is 0.101 e. The highest BCUT2D eigenvalue weighted by Crippen LogP contribution is 2.40. The Morgan fingerprint density at radius 2 is 2.06 bits per heavy atom. The van der Waals surface area contributed by atoms with Crippen LogP contribution in [0.3, 0.4) is 0 Å². The summed E-state index contributed by atoms with van der Waals surface area (Å²) in [6, 6.07) is 8.67. The van der Waals surface area contributed by atoms with Crippen LogP contribution in [0.25, 0.3) is 0 Å². The van der Waals surface area contributed by atoms with Gasteiger partial charge in [-0.15, -0.1) is 0 Å². The zero-order valence-corrected chi connectivity index (χ0v) is 10.6. The fourth-order valence-electron chi connectivity index (χ4n) is 3.65. The van der Waals surface area contributed by atoms with Crippen LogP contribution in [0.4, 0.5) is 11.4 Å². The molecule has 1 saturated heterocycles. The first kappa shape index (κ1) is 11.4. The number of nitriles is 1. The lowest BCUT2D eigenvalue weighted by Gasteiger charge is -2.40. The molecule has 18 heavy (non-hydrogen) atoms. The number of hydrogen-bond acceptors (Lipinski definition) is 3. The summed E-state index contributed by atoms with van der Waals surface area (Å²) in [4.78, 5) is 2.46. The van der Waals surface area contributed by atoms with Gasteiger partial charge in [0, 0.05) is 18.3 Å². The van der Waals surface area contributed by atoms with Gasteiger partial charge in [0.05, 0.1) is 11.3 Å². The van der Waals surface area contributed by atoms with E-state index in [-0.39, 0.29) is 0 Å². The molecule has 3 rings (SSSR count). The van der Waals surface area contributed by atoms with Crippen LogP contribution in [0, 0.1) is 17.2 Å². The molecule has 0 aromatic heterocycles. The summed E-state index contributed by atoms with van der Waals surface area (Å²) in [5.74, 6) is 0.836. The highest BCUT2D eigenvalue weighted by atomic mass is 15.2. The summed E-state index contributed by atoms with van der Waals surface area (Å²) in [6.45, 7) is 1.08. The number of fused-ring (bicyclic) bond motifs is 1. The van der Waals surface area contributed by atoms with E-state index in [0.29, 0.717) is 11.7 Å². The molecule has 94 valence electrons. The number of rotatable bonds is 1. The third kappa shape index (κ3) is 1.82. The molecule has 0 radical (unpaired) electrons. The molecule has 2 N–H and O–H groups in total. The van der Waals surface area contributed by atoms with Gasteiger partial charge in [-0.3, -0.25) is 0 Å². The molecule has 0 bridgehead atoms. The van der Waals surface area contributed by atoms with Crippen molar-refractivity contribution in [3.63, 3.8) is 0 Å². The molecular formula is C15H19N3. The molecule has 0 amide bonds. The quantitative estimate of drug-likeness (QED) is 0.769. The lowest BCUT2D eigenvalue weighted by molar-refractivity contribution is 0.362. The van der Waals surface area contributed by atoms with E-state index in [1.165, 1.54) is 32.1 Å². The van der Waals surface area contributed by atoms with Crippen molar-refractivity contribution in [3.05, 3.63) is 23.8 Å². The van der Waals surface area contributed by atoms with Crippen molar-refractivity contribution in [2.45, 2.75) is 38.1 Å². The first-order valence-corrected chi connectivity index (χ1v) is 6.86. The van der Waals surface area contributed by atoms with Crippen LogP contribution in [0.15, 0.2) is 18.2 Å². The third-order valence-corrected chi connectivity index (χ3v) is 4.44. The maximum atomic E-state index is 9.28. The summed E-state index contributed by atoms with van der Waals surface area (Å²) in [5.41, 5.74) is 8.26. The minimum Gasteiger partial charge on any atom is -0.399 e. The molecule has 2 atom stereocenters. The summed E-state index contributed by atoms with van der Waals surface area (Å²) < 4.78 is 0. The second-order valence-electron chi connectivity index (χ2n) is 5.48. The average Bonchev–Trinajstić information content (AvgIpc) is 2.86. The van der Waals surface area contributed by atoms with Crippen molar-refractivity contribution in [3.8, 4) is 6.07 Å². The van der Waals surface area contributed by atoms with E-state index >= 15 is 0 Å². The molecule has 3 heteroatoms. The van der Waals surface area contributed by atoms with E-state index in [4.69, 9.17) is 5.73 Å². The minimum atomic E-state index is 0.648. The predicted molar refractivity (Wildman–Crippen MR) is 73.3 cm³/mol. The number of piperidine rings is 1. The number of nitrogen functional groups attached to an aromatic ring is 1. The van der Waals surface area contributed by atoms with Gasteiger partial charge in [0.15, 0.2) is 0 Å². The van der Waals surface area contributed by atoms with Crippen LogP contribution in [-0.4, -0.2) is 12.6 Å². The largest absolute Gasteiger partial charge is 0.399 e. The Kier molecular flexibility index (Phi) is 2.87. The van der Waals surface area contributed by atoms with Crippen LogP contribution >= 0.6 is 0 Å². The lowest BCUT2D eigenvalue weighted by Crippen LogP contribution is -2.43. The molecule has 2 unspecified atom stereocenters. The summed E-state index contributed by atoms with van der Waals surface area (Å²) in [5, 5.41) is 9.28. The Morgan fingerprint density at radius 3 is 2.89 bits per heavy atom. The topological polar surface area (TPSA) is 53.1 Å². The Labute approximate surface area is 108 Å². The molecule has 1 aliphatic heterocycles. The van der Waals surface area contributed by atoms with E-state index in [1.54, 1.807) is 6.07 Å². The molecule has 0 spiro atoms. The number of anilines is 2. The first-order chi connectivity index (χ1) is 8.79. The Balaban J connectivity index is 1.96. The van der Waals surface area contributed by atoms with Gasteiger partial charge < -0.3 is 10.6 Å². The molecule has 1 heterocycles. The fraction of sp³-hybridized carbons (Fsp3) is 0.533. The minimum absolute atomic E-state index is 0.648. The van der Waals surface area contributed by atoms with Gasteiger partial charge >= 0.3 is 0 Å². The molecule has 1 saturated carbocycles. The third-order valence-electron chi connectivity index (χ3n) is 4.44. The van der Waals surface area contributed by atoms with E-state index in [2.05, 4.69) is 11.0 Å². The van der Waals surface area contributed by atoms with Crippen molar-refractivity contribution in [1.29, 1.82) is 5.26 Å². The number of nitrogens with zero attached hydrogens (tertiary/aromatic N) is 2. The molecular weight excluding hydrogens is 222 g/mol. The number of nitrogens with two attached hydrogens (primary N) is 1. The SMILES string of the molecule is N#Cc1cc(N)ccc1N1CCCC2CCCC21. The van der Waals surface area contributed by atoms with Gasteiger partial charge in [-0.1, -0.05) is 6.42 Å². The molecule has 3 nitrogen and oxygen atoms in total. The van der Waals surface area contributed by atoms with E-state index in [1.807, 2.05) is 12.1 Å². The second-order valence-corrected chi connectivity index (χ2v) is 5.48. The summed E-state index contributed by atoms with van der Waals surface area (Å²) in [7, 11) is 0. The standard InChI is InChI=1S/C15H19N3/c16-10-12-9-13(17)6-7-15(12)18-8-2-4-11-3-1-5-14(11)18/h6-7,9,11,14H,1-5,8,17H2. The van der Waals surface area contributed by atoms with Crippen LogP contribution in [0.2, 0.25) is 0 Å². The van der Waals surface area contributed by atoms with Crippen molar-refractivity contribution < 1.29 is 0 Å². The van der Waals surface area contributed by atoms with Gasteiger partial charge in [-0.25, -0.2) is 0 Å². The highest BCUT2D eigenvalue weighted by molar-refractivity contribution is 5.65. The van der Waals surface area contributed by atoms with Gasteiger partial charge in [-0.05, 0) is 49.8 Å². The number of hydrogen-bond donors (Lipinski definition) is 1. The molecule has 1 aliphatic carbocycles. The summed E-state index contributed by atoms with van der Waals surface area (Å²) in [6.07, 6.45) is 6.58. The van der Waals surface area contributed by atoms with Crippen molar-refractivity contribution in [2.75, 3.05) is 17.2 Å². The Morgan fingerprint density at radius 1 is 1.22 bits per heavy atom. The first-order valence-electron chi connectivity index (χ1n) is 6.86. The predicted octanol–water partition coefficient (Wildman–Crippen LogP) is 2.91. The van der Waals surface area contributed by atoms with Crippen molar-refractivity contribution in [1.82, 2.24) is 0 Å². The molecule has 2 fully saturated rings. The fourth-order valence-corrected chi connectivity index (χ4v) is 3.65. The molecule has 1 aromatic rings. The molecule has 1 aromatic carbocycles. The summed E-state index contributed by atoms with van der Waals surface area (Å²) >= 11 is 0. The monoisotopic (exact) mass is 241 g/mol. The van der Waals surface area contributed by atoms with Crippen LogP contribution in [0.5, 0.6) is 0 Å². The Hall–Kier alpha value is -1.69. The van der Waals surface area contributed by atoms with Crippen LogP contribution in [-0.2, 0) is 0 Å². The maximum Gasteiger partial charge on any atom is 0.101 e. The van der Waals surface area contributed by atoms with Gasteiger partial charge in [0.25, 0.3) is 0 Å². The van der Waals surface area contributed by atoms with Crippen LogP contribution < -0.4 is 10.6 Å². The van der Waals surface area contributed by atoms with Crippen molar-refractivity contribution in [2.24, 2.45) is 5.92 Å². The van der Waals surface area contributed by atoms with Gasteiger partial charge in [-0.2, -0.15) is 5.26 Å². The van der Waals surface area contributed by atoms with E-state index in [0.717, 1.165) is 23.7 Å². The van der Waals surface area contributed by atoms with Crippen molar-refractivity contribution >= 4 is 11.4 Å². The normalized spacial score (nSPS) is 26.7. The highest BCUT2D eigenvalue weighted by Gasteiger charge is 2.35. The van der Waals surface area contributed by atoms with Gasteiger partial charge in [0.1, 0.15) is 6.07 Å². The van der Waals surface area contributed by atoms with E-state index in [9.17, 15) is 5.26 Å². The second kappa shape index (κ2) is 4.53. The Bertz CT molecular complexity index is 489. The lowest BCUT2D eigenvalue weighted by atomic mass is 9.91. The molecule has 2 aliphatic rings. The van der Waals surface area contributed by atoms with E-state index < -0.39 is 0 Å².